The second-order valence-corrected chi connectivity index (χ2v) is 4.26. The lowest BCUT2D eigenvalue weighted by molar-refractivity contribution is 0.551. The molecule has 0 aliphatic rings. The zero-order valence-corrected chi connectivity index (χ0v) is 9.92. The number of aromatic nitrogens is 2. The molecule has 2 N–H and O–H groups in total. The minimum atomic E-state index is -0.469. The number of hydrogen-bond acceptors (Lipinski definition) is 2. The summed E-state index contributed by atoms with van der Waals surface area (Å²) in [6, 6.07) is 3.10. The summed E-state index contributed by atoms with van der Waals surface area (Å²) in [6.45, 7) is 4.09. The quantitative estimate of drug-likeness (QED) is 0.876. The molecule has 0 spiro atoms. The molecule has 1 unspecified atom stereocenters. The van der Waals surface area contributed by atoms with Gasteiger partial charge in [-0.05, 0) is 19.4 Å². The summed E-state index contributed by atoms with van der Waals surface area (Å²) in [5.41, 5.74) is 7.13. The lowest BCUT2D eigenvalue weighted by Gasteiger charge is -2.13. The van der Waals surface area contributed by atoms with Crippen LogP contribution in [-0.2, 0) is 0 Å². The van der Waals surface area contributed by atoms with Crippen LogP contribution in [0.2, 0.25) is 5.02 Å². The maximum absolute atomic E-state index is 13.3. The van der Waals surface area contributed by atoms with Gasteiger partial charge in [0.15, 0.2) is 0 Å². The van der Waals surface area contributed by atoms with E-state index in [0.717, 1.165) is 11.9 Å². The number of halogens is 2. The number of imidazole rings is 1. The van der Waals surface area contributed by atoms with Gasteiger partial charge in [0, 0.05) is 12.1 Å². The predicted molar refractivity (Wildman–Crippen MR) is 64.1 cm³/mol. The molecule has 1 aromatic carbocycles. The highest BCUT2D eigenvalue weighted by atomic mass is 35.5. The van der Waals surface area contributed by atoms with Crippen molar-refractivity contribution in [2.75, 3.05) is 5.73 Å². The smallest absolute Gasteiger partial charge is 0.201 e. The number of benzene rings is 1. The molecular weight excluding hydrogens is 229 g/mol. The third-order valence-electron chi connectivity index (χ3n) is 2.79. The van der Waals surface area contributed by atoms with Crippen molar-refractivity contribution in [3.8, 4) is 0 Å². The number of nitrogens with zero attached hydrogens (tertiary/aromatic N) is 2. The Kier molecular flexibility index (Phi) is 2.76. The van der Waals surface area contributed by atoms with Crippen LogP contribution in [0.25, 0.3) is 11.0 Å². The molecule has 0 aliphatic heterocycles. The first-order valence-corrected chi connectivity index (χ1v) is 5.54. The van der Waals surface area contributed by atoms with Crippen molar-refractivity contribution in [3.63, 3.8) is 0 Å². The van der Waals surface area contributed by atoms with Gasteiger partial charge in [0.1, 0.15) is 5.82 Å². The van der Waals surface area contributed by atoms with Crippen LogP contribution in [0.1, 0.15) is 26.3 Å². The van der Waals surface area contributed by atoms with E-state index >= 15 is 0 Å². The van der Waals surface area contributed by atoms with Gasteiger partial charge < -0.3 is 10.3 Å². The molecular formula is C11H13ClFN3. The predicted octanol–water partition coefficient (Wildman–Crippen LogP) is 3.38. The number of hydrogen-bond donors (Lipinski definition) is 1. The van der Waals surface area contributed by atoms with Gasteiger partial charge in [-0.15, -0.1) is 0 Å². The van der Waals surface area contributed by atoms with Crippen LogP contribution >= 0.6 is 11.6 Å². The van der Waals surface area contributed by atoms with E-state index in [1.165, 1.54) is 6.07 Å². The van der Waals surface area contributed by atoms with E-state index < -0.39 is 5.82 Å². The fourth-order valence-electron chi connectivity index (χ4n) is 1.75. The van der Waals surface area contributed by atoms with Gasteiger partial charge in [-0.2, -0.15) is 0 Å². The highest BCUT2D eigenvalue weighted by Crippen LogP contribution is 2.28. The highest BCUT2D eigenvalue weighted by Gasteiger charge is 2.14. The summed E-state index contributed by atoms with van der Waals surface area (Å²) >= 11 is 5.76. The molecule has 86 valence electrons. The van der Waals surface area contributed by atoms with Gasteiger partial charge in [0.25, 0.3) is 0 Å². The van der Waals surface area contributed by atoms with Crippen LogP contribution in [0.4, 0.5) is 10.3 Å². The normalized spacial score (nSPS) is 13.2. The highest BCUT2D eigenvalue weighted by molar-refractivity contribution is 6.31. The van der Waals surface area contributed by atoms with Crippen molar-refractivity contribution in [2.45, 2.75) is 26.3 Å². The molecule has 0 amide bonds. The largest absolute Gasteiger partial charge is 0.369 e. The SMILES string of the molecule is CCC(C)n1c(N)nc2cc(F)c(Cl)cc21. The summed E-state index contributed by atoms with van der Waals surface area (Å²) in [4.78, 5) is 4.13. The van der Waals surface area contributed by atoms with Crippen molar-refractivity contribution in [1.29, 1.82) is 0 Å². The third-order valence-corrected chi connectivity index (χ3v) is 3.08. The number of anilines is 1. The molecule has 0 saturated heterocycles. The number of nitrogens with two attached hydrogens (primary N) is 1. The number of rotatable bonds is 2. The van der Waals surface area contributed by atoms with E-state index in [4.69, 9.17) is 17.3 Å². The molecule has 2 aromatic rings. The molecule has 1 atom stereocenters. The molecule has 16 heavy (non-hydrogen) atoms. The van der Waals surface area contributed by atoms with E-state index in [2.05, 4.69) is 11.9 Å². The molecule has 0 bridgehead atoms. The summed E-state index contributed by atoms with van der Waals surface area (Å²) < 4.78 is 15.1. The van der Waals surface area contributed by atoms with E-state index in [1.54, 1.807) is 6.07 Å². The molecule has 1 aromatic heterocycles. The second kappa shape index (κ2) is 3.94. The monoisotopic (exact) mass is 241 g/mol. The number of fused-ring (bicyclic) bond motifs is 1. The first-order valence-electron chi connectivity index (χ1n) is 5.17. The Balaban J connectivity index is 2.73. The summed E-state index contributed by atoms with van der Waals surface area (Å²) in [6.07, 6.45) is 0.921. The third kappa shape index (κ3) is 1.63. The van der Waals surface area contributed by atoms with Crippen molar-refractivity contribution >= 4 is 28.6 Å². The first kappa shape index (κ1) is 11.2. The van der Waals surface area contributed by atoms with Gasteiger partial charge in [-0.1, -0.05) is 18.5 Å². The molecule has 3 nitrogen and oxygen atoms in total. The van der Waals surface area contributed by atoms with Crippen molar-refractivity contribution in [1.82, 2.24) is 9.55 Å². The van der Waals surface area contributed by atoms with E-state index in [0.29, 0.717) is 11.5 Å². The van der Waals surface area contributed by atoms with Gasteiger partial charge >= 0.3 is 0 Å². The molecule has 0 saturated carbocycles. The van der Waals surface area contributed by atoms with E-state index in [-0.39, 0.29) is 11.1 Å². The summed E-state index contributed by atoms with van der Waals surface area (Å²) in [5, 5.41) is 0.0944. The van der Waals surface area contributed by atoms with Crippen LogP contribution in [-0.4, -0.2) is 9.55 Å². The Morgan fingerprint density at radius 1 is 1.56 bits per heavy atom. The maximum atomic E-state index is 13.3. The minimum Gasteiger partial charge on any atom is -0.369 e. The fraction of sp³-hybridized carbons (Fsp3) is 0.364. The Bertz CT molecular complexity index is 535. The van der Waals surface area contributed by atoms with Crippen molar-refractivity contribution in [2.24, 2.45) is 0 Å². The summed E-state index contributed by atoms with van der Waals surface area (Å²) in [7, 11) is 0. The zero-order valence-electron chi connectivity index (χ0n) is 9.17. The second-order valence-electron chi connectivity index (χ2n) is 3.85. The van der Waals surface area contributed by atoms with Crippen LogP contribution < -0.4 is 5.73 Å². The van der Waals surface area contributed by atoms with E-state index in [9.17, 15) is 4.39 Å². The molecule has 2 rings (SSSR count). The topological polar surface area (TPSA) is 43.8 Å². The molecule has 0 radical (unpaired) electrons. The average Bonchev–Trinajstić information content (AvgIpc) is 2.54. The Hall–Kier alpha value is -1.29. The Labute approximate surface area is 98.0 Å². The lowest BCUT2D eigenvalue weighted by atomic mass is 10.2. The van der Waals surface area contributed by atoms with Crippen molar-refractivity contribution in [3.05, 3.63) is 23.0 Å². The molecule has 5 heteroatoms. The Morgan fingerprint density at radius 2 is 2.25 bits per heavy atom. The fourth-order valence-corrected chi connectivity index (χ4v) is 1.91. The maximum Gasteiger partial charge on any atom is 0.201 e. The zero-order chi connectivity index (χ0) is 11.9. The van der Waals surface area contributed by atoms with Crippen LogP contribution in [0.5, 0.6) is 0 Å². The van der Waals surface area contributed by atoms with Gasteiger partial charge in [0.2, 0.25) is 5.95 Å². The minimum absolute atomic E-state index is 0.0944. The van der Waals surface area contributed by atoms with Crippen LogP contribution in [0.3, 0.4) is 0 Å². The van der Waals surface area contributed by atoms with E-state index in [1.807, 2.05) is 11.5 Å². The van der Waals surface area contributed by atoms with Crippen LogP contribution in [0, 0.1) is 5.82 Å². The first-order chi connectivity index (χ1) is 7.54. The lowest BCUT2D eigenvalue weighted by Crippen LogP contribution is -2.07. The Morgan fingerprint density at radius 3 is 2.88 bits per heavy atom. The standard InChI is InChI=1S/C11H13ClFN3/c1-3-6(2)16-10-4-7(12)8(13)5-9(10)15-11(16)14/h4-6H,3H2,1-2H3,(H2,14,15). The average molecular weight is 242 g/mol. The van der Waals surface area contributed by atoms with Crippen molar-refractivity contribution < 1.29 is 4.39 Å². The number of nitrogen functional groups attached to an aromatic ring is 1. The van der Waals surface area contributed by atoms with Crippen LogP contribution in [0.15, 0.2) is 12.1 Å². The molecule has 0 aliphatic carbocycles. The van der Waals surface area contributed by atoms with Gasteiger partial charge in [0.05, 0.1) is 16.1 Å². The van der Waals surface area contributed by atoms with Gasteiger partial charge in [-0.3, -0.25) is 0 Å². The molecule has 1 heterocycles. The molecule has 0 fully saturated rings. The summed E-state index contributed by atoms with van der Waals surface area (Å²) in [5.74, 6) is -0.0750. The van der Waals surface area contributed by atoms with Gasteiger partial charge in [-0.25, -0.2) is 9.37 Å².